The number of para-hydroxylation sites is 1. The molecule has 0 spiro atoms. The Morgan fingerprint density at radius 2 is 1.79 bits per heavy atom. The van der Waals surface area contributed by atoms with Crippen LogP contribution in [0.15, 0.2) is 23.2 Å². The summed E-state index contributed by atoms with van der Waals surface area (Å²) in [5, 5.41) is 6.57. The highest BCUT2D eigenvalue weighted by atomic mass is 16.5. The average Bonchev–Trinajstić information content (AvgIpc) is 2.56. The zero-order valence-corrected chi connectivity index (χ0v) is 15.7. The highest BCUT2D eigenvalue weighted by molar-refractivity contribution is 5.79. The van der Waals surface area contributed by atoms with Crippen LogP contribution in [-0.4, -0.2) is 45.4 Å². The summed E-state index contributed by atoms with van der Waals surface area (Å²) in [5.74, 6) is 1.83. The van der Waals surface area contributed by atoms with E-state index in [2.05, 4.69) is 54.6 Å². The average molecular weight is 335 g/mol. The Kier molecular flexibility index (Phi) is 10.7. The summed E-state index contributed by atoms with van der Waals surface area (Å²) < 4.78 is 11.2. The Morgan fingerprint density at radius 3 is 2.46 bits per heavy atom. The van der Waals surface area contributed by atoms with Crippen molar-refractivity contribution < 1.29 is 9.47 Å². The number of unbranched alkanes of at least 4 members (excludes halogenated alkanes) is 1. The number of hydrogen-bond acceptors (Lipinski definition) is 3. The van der Waals surface area contributed by atoms with Gasteiger partial charge in [0.25, 0.3) is 0 Å². The zero-order chi connectivity index (χ0) is 17.6. The number of nitrogens with zero attached hydrogens (tertiary/aromatic N) is 1. The van der Waals surface area contributed by atoms with Crippen molar-refractivity contribution in [2.24, 2.45) is 4.99 Å². The third-order valence-corrected chi connectivity index (χ3v) is 3.56. The SMILES string of the molecule is CCNC(=NCCCCOCC)NCCOc1c(C)cccc1C. The van der Waals surface area contributed by atoms with Crippen molar-refractivity contribution in [2.45, 2.75) is 40.5 Å². The number of nitrogens with one attached hydrogen (secondary N) is 2. The van der Waals surface area contributed by atoms with Gasteiger partial charge in [-0.1, -0.05) is 18.2 Å². The van der Waals surface area contributed by atoms with Crippen molar-refractivity contribution >= 4 is 5.96 Å². The molecule has 136 valence electrons. The van der Waals surface area contributed by atoms with E-state index in [-0.39, 0.29) is 0 Å². The molecular weight excluding hydrogens is 302 g/mol. The van der Waals surface area contributed by atoms with Gasteiger partial charge in [-0.2, -0.15) is 0 Å². The van der Waals surface area contributed by atoms with Gasteiger partial charge in [-0.15, -0.1) is 0 Å². The van der Waals surface area contributed by atoms with E-state index in [1.54, 1.807) is 0 Å². The monoisotopic (exact) mass is 335 g/mol. The number of rotatable bonds is 11. The van der Waals surface area contributed by atoms with Gasteiger partial charge in [0.1, 0.15) is 12.4 Å². The molecular formula is C19H33N3O2. The maximum Gasteiger partial charge on any atom is 0.191 e. The molecule has 0 bridgehead atoms. The lowest BCUT2D eigenvalue weighted by Crippen LogP contribution is -2.39. The van der Waals surface area contributed by atoms with Crippen LogP contribution in [0.1, 0.15) is 37.8 Å². The number of hydrogen-bond donors (Lipinski definition) is 2. The zero-order valence-electron chi connectivity index (χ0n) is 15.7. The summed E-state index contributed by atoms with van der Waals surface area (Å²) in [6.45, 7) is 12.8. The molecule has 0 aromatic heterocycles. The van der Waals surface area contributed by atoms with Gasteiger partial charge in [0, 0.05) is 26.3 Å². The molecule has 0 heterocycles. The fourth-order valence-corrected chi connectivity index (χ4v) is 2.34. The van der Waals surface area contributed by atoms with Crippen molar-refractivity contribution in [1.29, 1.82) is 0 Å². The Morgan fingerprint density at radius 1 is 1.04 bits per heavy atom. The first-order valence-corrected chi connectivity index (χ1v) is 8.98. The molecule has 0 aliphatic rings. The van der Waals surface area contributed by atoms with Gasteiger partial charge in [-0.05, 0) is 51.7 Å². The highest BCUT2D eigenvalue weighted by Crippen LogP contribution is 2.21. The van der Waals surface area contributed by atoms with Crippen LogP contribution in [0.3, 0.4) is 0 Å². The molecule has 5 heteroatoms. The van der Waals surface area contributed by atoms with Crippen molar-refractivity contribution in [3.63, 3.8) is 0 Å². The van der Waals surface area contributed by atoms with Crippen LogP contribution in [0.5, 0.6) is 5.75 Å². The normalized spacial score (nSPS) is 11.4. The van der Waals surface area contributed by atoms with Gasteiger partial charge >= 0.3 is 0 Å². The number of aryl methyl sites for hydroxylation is 2. The van der Waals surface area contributed by atoms with Crippen molar-refractivity contribution in [2.75, 3.05) is 39.5 Å². The molecule has 0 aliphatic heterocycles. The maximum atomic E-state index is 5.90. The Balaban J connectivity index is 2.30. The second-order valence-electron chi connectivity index (χ2n) is 5.66. The molecule has 0 unspecified atom stereocenters. The molecule has 1 aromatic carbocycles. The third kappa shape index (κ3) is 8.20. The lowest BCUT2D eigenvalue weighted by Gasteiger charge is -2.14. The Labute approximate surface area is 146 Å². The number of benzene rings is 1. The maximum absolute atomic E-state index is 5.90. The van der Waals surface area contributed by atoms with Crippen molar-refractivity contribution in [3.8, 4) is 5.75 Å². The molecule has 0 atom stereocenters. The van der Waals surface area contributed by atoms with E-state index in [0.717, 1.165) is 57.4 Å². The predicted octanol–water partition coefficient (Wildman–Crippen LogP) is 3.05. The van der Waals surface area contributed by atoms with Gasteiger partial charge in [-0.25, -0.2) is 0 Å². The fraction of sp³-hybridized carbons (Fsp3) is 0.632. The van der Waals surface area contributed by atoms with Gasteiger partial charge in [-0.3, -0.25) is 4.99 Å². The van der Waals surface area contributed by atoms with Crippen LogP contribution in [0.2, 0.25) is 0 Å². The standard InChI is InChI=1S/C19H33N3O2/c1-5-20-19(21-12-7-8-14-23-6-2)22-13-15-24-18-16(3)10-9-11-17(18)4/h9-11H,5-8,12-15H2,1-4H3,(H2,20,21,22). The summed E-state index contributed by atoms with van der Waals surface area (Å²) >= 11 is 0. The van der Waals surface area contributed by atoms with Crippen molar-refractivity contribution in [1.82, 2.24) is 10.6 Å². The van der Waals surface area contributed by atoms with E-state index in [9.17, 15) is 0 Å². The summed E-state index contributed by atoms with van der Waals surface area (Å²) in [6, 6.07) is 6.20. The van der Waals surface area contributed by atoms with E-state index in [0.29, 0.717) is 6.61 Å². The van der Waals surface area contributed by atoms with Crippen molar-refractivity contribution in [3.05, 3.63) is 29.3 Å². The molecule has 0 aliphatic carbocycles. The first-order valence-electron chi connectivity index (χ1n) is 8.98. The molecule has 2 N–H and O–H groups in total. The Hall–Kier alpha value is -1.75. The topological polar surface area (TPSA) is 54.9 Å². The van der Waals surface area contributed by atoms with E-state index in [1.807, 2.05) is 6.92 Å². The fourth-order valence-electron chi connectivity index (χ4n) is 2.34. The lowest BCUT2D eigenvalue weighted by molar-refractivity contribution is 0.144. The van der Waals surface area contributed by atoms with Gasteiger partial charge < -0.3 is 20.1 Å². The molecule has 0 fully saturated rings. The number of guanidine groups is 1. The second kappa shape index (κ2) is 12.6. The number of aliphatic imine (C=N–C) groups is 1. The van der Waals surface area contributed by atoms with Crippen LogP contribution in [0.4, 0.5) is 0 Å². The minimum atomic E-state index is 0.612. The van der Waals surface area contributed by atoms with E-state index in [1.165, 1.54) is 11.1 Å². The summed E-state index contributed by atoms with van der Waals surface area (Å²) in [6.07, 6.45) is 2.09. The highest BCUT2D eigenvalue weighted by Gasteiger charge is 2.03. The summed E-state index contributed by atoms with van der Waals surface area (Å²) in [4.78, 5) is 4.57. The molecule has 0 saturated heterocycles. The minimum Gasteiger partial charge on any atom is -0.491 e. The van der Waals surface area contributed by atoms with Gasteiger partial charge in [0.05, 0.1) is 6.54 Å². The minimum absolute atomic E-state index is 0.612. The van der Waals surface area contributed by atoms with E-state index in [4.69, 9.17) is 9.47 Å². The lowest BCUT2D eigenvalue weighted by atomic mass is 10.1. The van der Waals surface area contributed by atoms with Crippen LogP contribution >= 0.6 is 0 Å². The van der Waals surface area contributed by atoms with Crippen LogP contribution in [0.25, 0.3) is 0 Å². The largest absolute Gasteiger partial charge is 0.491 e. The number of ether oxygens (including phenoxy) is 2. The van der Waals surface area contributed by atoms with Gasteiger partial charge in [0.2, 0.25) is 0 Å². The summed E-state index contributed by atoms with van der Waals surface area (Å²) in [5.41, 5.74) is 2.34. The molecule has 0 saturated carbocycles. The van der Waals surface area contributed by atoms with E-state index >= 15 is 0 Å². The third-order valence-electron chi connectivity index (χ3n) is 3.56. The smallest absolute Gasteiger partial charge is 0.191 e. The molecule has 0 amide bonds. The molecule has 1 aromatic rings. The summed E-state index contributed by atoms with van der Waals surface area (Å²) in [7, 11) is 0. The van der Waals surface area contributed by atoms with Crippen LogP contribution in [0, 0.1) is 13.8 Å². The molecule has 5 nitrogen and oxygen atoms in total. The quantitative estimate of drug-likeness (QED) is 0.371. The van der Waals surface area contributed by atoms with Gasteiger partial charge in [0.15, 0.2) is 5.96 Å². The predicted molar refractivity (Wildman–Crippen MR) is 101 cm³/mol. The first-order chi connectivity index (χ1) is 11.7. The van der Waals surface area contributed by atoms with E-state index < -0.39 is 0 Å². The molecule has 1 rings (SSSR count). The molecule has 0 radical (unpaired) electrons. The van der Waals surface area contributed by atoms with Crippen LogP contribution < -0.4 is 15.4 Å². The Bertz CT molecular complexity index is 469. The molecule has 24 heavy (non-hydrogen) atoms. The first kappa shape index (κ1) is 20.3. The van der Waals surface area contributed by atoms with Crippen LogP contribution in [-0.2, 0) is 4.74 Å². The second-order valence-corrected chi connectivity index (χ2v) is 5.66.